The lowest BCUT2D eigenvalue weighted by molar-refractivity contribution is -0.119. The van der Waals surface area contributed by atoms with Gasteiger partial charge < -0.3 is 0 Å². The molecule has 0 aliphatic carbocycles. The molecule has 3 rings (SSSR count). The van der Waals surface area contributed by atoms with Gasteiger partial charge in [-0.2, -0.15) is 5.10 Å². The van der Waals surface area contributed by atoms with Gasteiger partial charge in [0.1, 0.15) is 12.4 Å². The lowest BCUT2D eigenvalue weighted by Crippen LogP contribution is -2.40. The molecule has 3 aromatic rings. The van der Waals surface area contributed by atoms with E-state index in [0.717, 1.165) is 20.4 Å². The van der Waals surface area contributed by atoms with Crippen molar-refractivity contribution in [1.82, 2.24) is 5.43 Å². The maximum absolute atomic E-state index is 14.4. The Morgan fingerprint density at radius 1 is 1.00 bits per heavy atom. The molecule has 154 valence electrons. The minimum absolute atomic E-state index is 0.0576. The van der Waals surface area contributed by atoms with Crippen LogP contribution in [0.5, 0.6) is 0 Å². The van der Waals surface area contributed by atoms with Gasteiger partial charge in [0.2, 0.25) is 0 Å². The standard InChI is InChI=1S/C21H17BrFN3O3S/c22-18-11-5-4-8-16(18)14-24-25-21(27)15-26(20-13-7-6-12-19(20)23)30(28,29)17-9-2-1-3-10-17/h1-14H,15H2,(H,25,27)/b24-14-. The van der Waals surface area contributed by atoms with E-state index >= 15 is 0 Å². The number of halogens is 2. The van der Waals surface area contributed by atoms with E-state index in [1.165, 1.54) is 36.5 Å². The summed E-state index contributed by atoms with van der Waals surface area (Å²) in [6.45, 7) is -0.647. The number of hydrogen-bond donors (Lipinski definition) is 1. The molecule has 0 heterocycles. The molecule has 0 saturated heterocycles. The van der Waals surface area contributed by atoms with Crippen molar-refractivity contribution in [3.8, 4) is 0 Å². The maximum atomic E-state index is 14.4. The van der Waals surface area contributed by atoms with Crippen molar-refractivity contribution < 1.29 is 17.6 Å². The van der Waals surface area contributed by atoms with Crippen LogP contribution in [0.2, 0.25) is 0 Å². The third kappa shape index (κ3) is 5.11. The van der Waals surface area contributed by atoms with Gasteiger partial charge in [0, 0.05) is 10.0 Å². The molecule has 30 heavy (non-hydrogen) atoms. The van der Waals surface area contributed by atoms with Crippen LogP contribution in [0.1, 0.15) is 5.56 Å². The number of rotatable bonds is 7. The monoisotopic (exact) mass is 489 g/mol. The second-order valence-corrected chi connectivity index (χ2v) is 8.81. The van der Waals surface area contributed by atoms with Crippen LogP contribution < -0.4 is 9.73 Å². The molecule has 0 radical (unpaired) electrons. The Kier molecular flexibility index (Phi) is 6.96. The Morgan fingerprint density at radius 2 is 1.63 bits per heavy atom. The van der Waals surface area contributed by atoms with Crippen LogP contribution >= 0.6 is 15.9 Å². The number of carbonyl (C=O) groups is 1. The number of hydrogen-bond acceptors (Lipinski definition) is 4. The molecule has 0 atom stereocenters. The normalized spacial score (nSPS) is 11.4. The van der Waals surface area contributed by atoms with E-state index in [-0.39, 0.29) is 10.6 Å². The van der Waals surface area contributed by atoms with E-state index in [1.807, 2.05) is 12.1 Å². The van der Waals surface area contributed by atoms with Crippen molar-refractivity contribution >= 4 is 43.8 Å². The number of nitrogens with one attached hydrogen (secondary N) is 1. The first-order chi connectivity index (χ1) is 14.4. The van der Waals surface area contributed by atoms with Crippen LogP contribution in [0.25, 0.3) is 0 Å². The lowest BCUT2D eigenvalue weighted by atomic mass is 10.2. The van der Waals surface area contributed by atoms with Crippen molar-refractivity contribution in [2.75, 3.05) is 10.8 Å². The Hall–Kier alpha value is -3.04. The van der Waals surface area contributed by atoms with Crippen molar-refractivity contribution in [2.24, 2.45) is 5.10 Å². The van der Waals surface area contributed by atoms with Crippen molar-refractivity contribution in [3.05, 3.63) is 94.7 Å². The summed E-state index contributed by atoms with van der Waals surface area (Å²) >= 11 is 3.36. The van der Waals surface area contributed by atoms with E-state index < -0.39 is 28.3 Å². The van der Waals surface area contributed by atoms with Gasteiger partial charge in [-0.05, 0) is 30.3 Å². The van der Waals surface area contributed by atoms with Crippen molar-refractivity contribution in [2.45, 2.75) is 4.90 Å². The largest absolute Gasteiger partial charge is 0.271 e. The first-order valence-electron chi connectivity index (χ1n) is 8.78. The number of nitrogens with zero attached hydrogens (tertiary/aromatic N) is 2. The molecule has 0 spiro atoms. The van der Waals surface area contributed by atoms with E-state index in [9.17, 15) is 17.6 Å². The second-order valence-electron chi connectivity index (χ2n) is 6.09. The Bertz CT molecular complexity index is 1170. The van der Waals surface area contributed by atoms with Gasteiger partial charge in [0.15, 0.2) is 0 Å². The number of benzene rings is 3. The molecule has 3 aromatic carbocycles. The number of sulfonamides is 1. The molecule has 0 aliphatic heterocycles. The number of para-hydroxylation sites is 1. The van der Waals surface area contributed by atoms with Crippen molar-refractivity contribution in [1.29, 1.82) is 0 Å². The summed E-state index contributed by atoms with van der Waals surface area (Å²) in [6.07, 6.45) is 1.42. The molecular weight excluding hydrogens is 473 g/mol. The van der Waals surface area contributed by atoms with Gasteiger partial charge in [-0.25, -0.2) is 18.2 Å². The summed E-state index contributed by atoms with van der Waals surface area (Å²) < 4.78 is 42.1. The van der Waals surface area contributed by atoms with Crippen LogP contribution in [-0.2, 0) is 14.8 Å². The number of amides is 1. The molecule has 0 saturated carbocycles. The third-order valence-corrected chi connectivity index (χ3v) is 6.53. The molecule has 9 heteroatoms. The van der Waals surface area contributed by atoms with Crippen LogP contribution in [0, 0.1) is 5.82 Å². The van der Waals surface area contributed by atoms with Gasteiger partial charge >= 0.3 is 0 Å². The highest BCUT2D eigenvalue weighted by molar-refractivity contribution is 9.10. The first kappa shape index (κ1) is 21.7. The summed E-state index contributed by atoms with van der Waals surface area (Å²) in [5.41, 5.74) is 2.78. The zero-order valence-electron chi connectivity index (χ0n) is 15.6. The van der Waals surface area contributed by atoms with Gasteiger partial charge in [-0.15, -0.1) is 0 Å². The van der Waals surface area contributed by atoms with Crippen LogP contribution in [0.3, 0.4) is 0 Å². The summed E-state index contributed by atoms with van der Waals surface area (Å²) in [6, 6.07) is 20.1. The average Bonchev–Trinajstić information content (AvgIpc) is 2.74. The molecule has 1 amide bonds. The first-order valence-corrected chi connectivity index (χ1v) is 11.0. The predicted molar refractivity (Wildman–Crippen MR) is 117 cm³/mol. The average molecular weight is 490 g/mol. The van der Waals surface area contributed by atoms with Gasteiger partial charge in [-0.3, -0.25) is 9.10 Å². The summed E-state index contributed by atoms with van der Waals surface area (Å²) in [7, 11) is -4.18. The Labute approximate surface area is 182 Å². The summed E-state index contributed by atoms with van der Waals surface area (Å²) in [5.74, 6) is -1.48. The minimum Gasteiger partial charge on any atom is -0.271 e. The minimum atomic E-state index is -4.18. The fourth-order valence-electron chi connectivity index (χ4n) is 2.59. The molecule has 0 fully saturated rings. The predicted octanol–water partition coefficient (Wildman–Crippen LogP) is 3.93. The number of anilines is 1. The van der Waals surface area contributed by atoms with E-state index in [2.05, 4.69) is 26.5 Å². The summed E-state index contributed by atoms with van der Waals surface area (Å²) in [5, 5.41) is 3.86. The van der Waals surface area contributed by atoms with Crippen molar-refractivity contribution in [3.63, 3.8) is 0 Å². The summed E-state index contributed by atoms with van der Waals surface area (Å²) in [4.78, 5) is 12.4. The molecule has 0 bridgehead atoms. The van der Waals surface area contributed by atoms with Crippen LogP contribution in [0.15, 0.2) is 93.3 Å². The number of carbonyl (C=O) groups excluding carboxylic acids is 1. The molecule has 6 nitrogen and oxygen atoms in total. The molecule has 0 aromatic heterocycles. The highest BCUT2D eigenvalue weighted by Crippen LogP contribution is 2.25. The zero-order chi connectivity index (χ0) is 21.6. The third-order valence-electron chi connectivity index (χ3n) is 4.04. The van der Waals surface area contributed by atoms with Gasteiger partial charge in [-0.1, -0.05) is 64.5 Å². The quantitative estimate of drug-likeness (QED) is 0.403. The molecular formula is C21H17BrFN3O3S. The topological polar surface area (TPSA) is 78.8 Å². The second kappa shape index (κ2) is 9.64. The van der Waals surface area contributed by atoms with Crippen LogP contribution in [0.4, 0.5) is 10.1 Å². The lowest BCUT2D eigenvalue weighted by Gasteiger charge is -2.24. The Morgan fingerprint density at radius 3 is 2.33 bits per heavy atom. The molecule has 0 aliphatic rings. The smallest absolute Gasteiger partial charge is 0.264 e. The van der Waals surface area contributed by atoms with Gasteiger partial charge in [0.25, 0.3) is 15.9 Å². The van der Waals surface area contributed by atoms with Gasteiger partial charge in [0.05, 0.1) is 16.8 Å². The fourth-order valence-corrected chi connectivity index (χ4v) is 4.43. The highest BCUT2D eigenvalue weighted by atomic mass is 79.9. The molecule has 0 unspecified atom stereocenters. The SMILES string of the molecule is O=C(CN(c1ccccc1F)S(=O)(=O)c1ccccc1)N/N=C\c1ccccc1Br. The fraction of sp³-hybridized carbons (Fsp3) is 0.0476. The highest BCUT2D eigenvalue weighted by Gasteiger charge is 2.28. The Balaban J connectivity index is 1.85. The van der Waals surface area contributed by atoms with E-state index in [0.29, 0.717) is 0 Å². The van der Waals surface area contributed by atoms with E-state index in [1.54, 1.807) is 30.3 Å². The maximum Gasteiger partial charge on any atom is 0.264 e. The van der Waals surface area contributed by atoms with Crippen LogP contribution in [-0.4, -0.2) is 27.1 Å². The zero-order valence-corrected chi connectivity index (χ0v) is 18.0. The number of hydrazone groups is 1. The van der Waals surface area contributed by atoms with E-state index in [4.69, 9.17) is 0 Å². The molecule has 1 N–H and O–H groups in total.